The molecule has 0 aromatic heterocycles. The van der Waals surface area contributed by atoms with E-state index in [4.69, 9.17) is 4.74 Å². The van der Waals surface area contributed by atoms with Crippen molar-refractivity contribution < 1.29 is 19.1 Å². The van der Waals surface area contributed by atoms with E-state index in [1.165, 1.54) is 7.05 Å². The predicted molar refractivity (Wildman–Crippen MR) is 39.5 cm³/mol. The Morgan fingerprint density at radius 2 is 2.33 bits per heavy atom. The van der Waals surface area contributed by atoms with Crippen LogP contribution >= 0.6 is 0 Å². The van der Waals surface area contributed by atoms with Crippen LogP contribution in [-0.2, 0) is 14.3 Å². The van der Waals surface area contributed by atoms with Crippen LogP contribution in [0.3, 0.4) is 0 Å². The SMILES string of the molecule is CNC(=O)OC(=O)C1CCCO1. The van der Waals surface area contributed by atoms with Gasteiger partial charge in [-0.05, 0) is 12.8 Å². The summed E-state index contributed by atoms with van der Waals surface area (Å²) >= 11 is 0. The van der Waals surface area contributed by atoms with Crippen molar-refractivity contribution in [2.45, 2.75) is 18.9 Å². The predicted octanol–water partition coefficient (Wildman–Crippen LogP) is 0.0480. The summed E-state index contributed by atoms with van der Waals surface area (Å²) in [6.45, 7) is 0.563. The van der Waals surface area contributed by atoms with Gasteiger partial charge in [0.05, 0.1) is 0 Å². The van der Waals surface area contributed by atoms with E-state index >= 15 is 0 Å². The summed E-state index contributed by atoms with van der Waals surface area (Å²) in [5.41, 5.74) is 0. The minimum Gasteiger partial charge on any atom is -0.374 e. The summed E-state index contributed by atoms with van der Waals surface area (Å²) in [7, 11) is 1.39. The average Bonchev–Trinajstić information content (AvgIpc) is 2.56. The normalized spacial score (nSPS) is 21.9. The molecule has 1 rings (SSSR count). The average molecular weight is 173 g/mol. The zero-order valence-corrected chi connectivity index (χ0v) is 6.83. The van der Waals surface area contributed by atoms with Crippen LogP contribution < -0.4 is 5.32 Å². The Morgan fingerprint density at radius 3 is 2.83 bits per heavy atom. The van der Waals surface area contributed by atoms with Gasteiger partial charge in [-0.2, -0.15) is 0 Å². The fourth-order valence-corrected chi connectivity index (χ4v) is 0.972. The largest absolute Gasteiger partial charge is 0.414 e. The molecule has 68 valence electrons. The van der Waals surface area contributed by atoms with Gasteiger partial charge in [0.15, 0.2) is 6.10 Å². The maximum absolute atomic E-state index is 11.0. The standard InChI is InChI=1S/C7H11NO4/c1-8-7(10)12-6(9)5-3-2-4-11-5/h5H,2-4H2,1H3,(H,8,10). The lowest BCUT2D eigenvalue weighted by Gasteiger charge is -2.06. The number of hydrogen-bond acceptors (Lipinski definition) is 4. The van der Waals surface area contributed by atoms with Crippen LogP contribution in [-0.4, -0.2) is 31.8 Å². The van der Waals surface area contributed by atoms with Crippen LogP contribution in [0.2, 0.25) is 0 Å². The Bertz CT molecular complexity index is 186. The van der Waals surface area contributed by atoms with Crippen molar-refractivity contribution in [3.63, 3.8) is 0 Å². The molecular formula is C7H11NO4. The van der Waals surface area contributed by atoms with Crippen molar-refractivity contribution in [2.75, 3.05) is 13.7 Å². The van der Waals surface area contributed by atoms with Crippen LogP contribution in [0.25, 0.3) is 0 Å². The van der Waals surface area contributed by atoms with E-state index in [0.717, 1.165) is 6.42 Å². The minimum absolute atomic E-state index is 0.553. The van der Waals surface area contributed by atoms with Crippen molar-refractivity contribution >= 4 is 12.1 Å². The number of carbonyl (C=O) groups is 2. The monoisotopic (exact) mass is 173 g/mol. The summed E-state index contributed by atoms with van der Waals surface area (Å²) in [5, 5.41) is 2.18. The molecule has 1 unspecified atom stereocenters. The van der Waals surface area contributed by atoms with Crippen LogP contribution in [0, 0.1) is 0 Å². The second-order valence-electron chi connectivity index (χ2n) is 2.46. The molecule has 0 bridgehead atoms. The Morgan fingerprint density at radius 1 is 1.58 bits per heavy atom. The highest BCUT2D eigenvalue weighted by Crippen LogP contribution is 2.12. The molecule has 1 atom stereocenters. The maximum atomic E-state index is 11.0. The molecule has 5 nitrogen and oxygen atoms in total. The van der Waals surface area contributed by atoms with Gasteiger partial charge in [0, 0.05) is 13.7 Å². The van der Waals surface area contributed by atoms with Crippen molar-refractivity contribution in [3.05, 3.63) is 0 Å². The zero-order chi connectivity index (χ0) is 8.97. The van der Waals surface area contributed by atoms with E-state index in [0.29, 0.717) is 13.0 Å². The van der Waals surface area contributed by atoms with Crippen molar-refractivity contribution in [3.8, 4) is 0 Å². The first-order valence-corrected chi connectivity index (χ1v) is 3.79. The fourth-order valence-electron chi connectivity index (χ4n) is 0.972. The molecular weight excluding hydrogens is 162 g/mol. The quantitative estimate of drug-likeness (QED) is 0.449. The number of ether oxygens (including phenoxy) is 2. The highest BCUT2D eigenvalue weighted by molar-refractivity contribution is 5.87. The van der Waals surface area contributed by atoms with Crippen molar-refractivity contribution in [2.24, 2.45) is 0 Å². The topological polar surface area (TPSA) is 64.6 Å². The Labute approximate surface area is 70.0 Å². The van der Waals surface area contributed by atoms with E-state index in [9.17, 15) is 9.59 Å². The van der Waals surface area contributed by atoms with Gasteiger partial charge >= 0.3 is 12.1 Å². The second-order valence-corrected chi connectivity index (χ2v) is 2.46. The van der Waals surface area contributed by atoms with E-state index < -0.39 is 18.2 Å². The number of carbonyl (C=O) groups excluding carboxylic acids is 2. The number of hydrogen-bond donors (Lipinski definition) is 1. The van der Waals surface area contributed by atoms with E-state index in [1.54, 1.807) is 0 Å². The number of alkyl carbamates (subject to hydrolysis) is 1. The molecule has 5 heteroatoms. The molecule has 0 radical (unpaired) electrons. The summed E-state index contributed by atoms with van der Waals surface area (Å²) in [4.78, 5) is 21.6. The number of nitrogens with one attached hydrogen (secondary N) is 1. The first kappa shape index (κ1) is 8.99. The van der Waals surface area contributed by atoms with Crippen molar-refractivity contribution in [1.82, 2.24) is 5.32 Å². The van der Waals surface area contributed by atoms with Crippen molar-refractivity contribution in [1.29, 1.82) is 0 Å². The van der Waals surface area contributed by atoms with Gasteiger partial charge in [-0.15, -0.1) is 0 Å². The van der Waals surface area contributed by atoms with E-state index in [-0.39, 0.29) is 0 Å². The zero-order valence-electron chi connectivity index (χ0n) is 6.83. The highest BCUT2D eigenvalue weighted by atomic mass is 16.6. The molecule has 1 heterocycles. The van der Waals surface area contributed by atoms with Crippen LogP contribution in [0.1, 0.15) is 12.8 Å². The van der Waals surface area contributed by atoms with Gasteiger partial charge < -0.3 is 14.8 Å². The summed E-state index contributed by atoms with van der Waals surface area (Å²) in [6.07, 6.45) is 0.182. The molecule has 0 saturated carbocycles. The second kappa shape index (κ2) is 4.06. The maximum Gasteiger partial charge on any atom is 0.414 e. The first-order chi connectivity index (χ1) is 5.74. The third-order valence-corrected chi connectivity index (χ3v) is 1.59. The molecule has 1 amide bonds. The molecule has 12 heavy (non-hydrogen) atoms. The summed E-state index contributed by atoms with van der Waals surface area (Å²) in [5.74, 6) is -0.605. The lowest BCUT2D eigenvalue weighted by molar-refractivity contribution is -0.147. The molecule has 0 aromatic rings. The Kier molecular flexibility index (Phi) is 3.04. The summed E-state index contributed by atoms with van der Waals surface area (Å²) in [6, 6.07) is 0. The molecule has 0 aliphatic carbocycles. The van der Waals surface area contributed by atoms with Gasteiger partial charge in [0.2, 0.25) is 0 Å². The van der Waals surface area contributed by atoms with Gasteiger partial charge in [-0.3, -0.25) is 0 Å². The molecule has 1 N–H and O–H groups in total. The smallest absolute Gasteiger partial charge is 0.374 e. The fraction of sp³-hybridized carbons (Fsp3) is 0.714. The molecule has 0 aromatic carbocycles. The lowest BCUT2D eigenvalue weighted by Crippen LogP contribution is -2.29. The third-order valence-electron chi connectivity index (χ3n) is 1.59. The third kappa shape index (κ3) is 2.20. The Hall–Kier alpha value is -1.10. The lowest BCUT2D eigenvalue weighted by atomic mass is 10.2. The van der Waals surface area contributed by atoms with Crippen LogP contribution in [0.5, 0.6) is 0 Å². The summed E-state index contributed by atoms with van der Waals surface area (Å²) < 4.78 is 9.38. The molecule has 1 fully saturated rings. The molecule has 1 aliphatic rings. The van der Waals surface area contributed by atoms with Gasteiger partial charge in [0.1, 0.15) is 0 Å². The van der Waals surface area contributed by atoms with Gasteiger partial charge in [-0.25, -0.2) is 9.59 Å². The number of rotatable bonds is 1. The van der Waals surface area contributed by atoms with E-state index in [1.807, 2.05) is 0 Å². The minimum atomic E-state index is -0.740. The molecule has 1 saturated heterocycles. The molecule has 1 aliphatic heterocycles. The van der Waals surface area contributed by atoms with Crippen LogP contribution in [0.4, 0.5) is 4.79 Å². The number of esters is 1. The van der Waals surface area contributed by atoms with Gasteiger partial charge in [0.25, 0.3) is 0 Å². The Balaban J connectivity index is 2.32. The number of amides is 1. The van der Waals surface area contributed by atoms with Crippen LogP contribution in [0.15, 0.2) is 0 Å². The highest BCUT2D eigenvalue weighted by Gasteiger charge is 2.26. The first-order valence-electron chi connectivity index (χ1n) is 3.79. The van der Waals surface area contributed by atoms with E-state index in [2.05, 4.69) is 10.1 Å². The van der Waals surface area contributed by atoms with Gasteiger partial charge in [-0.1, -0.05) is 0 Å². The molecule has 0 spiro atoms.